The smallest absolute Gasteiger partial charge is 0.433 e. The maximum atomic E-state index is 12.6. The molecule has 2 heterocycles. The van der Waals surface area contributed by atoms with Crippen molar-refractivity contribution in [3.8, 4) is 0 Å². The van der Waals surface area contributed by atoms with E-state index in [4.69, 9.17) is 16.3 Å². The number of likely N-dealkylation sites (tertiary alicyclic amines) is 1. The lowest BCUT2D eigenvalue weighted by Gasteiger charge is -2.46. The van der Waals surface area contributed by atoms with E-state index in [1.165, 1.54) is 4.90 Å². The molecule has 1 aromatic heterocycles. The lowest BCUT2D eigenvalue weighted by atomic mass is 9.87. The summed E-state index contributed by atoms with van der Waals surface area (Å²) in [6, 6.07) is 1.82. The molecular weight excluding hydrogens is 337 g/mol. The van der Waals surface area contributed by atoms with Gasteiger partial charge in [-0.1, -0.05) is 17.7 Å². The summed E-state index contributed by atoms with van der Waals surface area (Å²) < 4.78 is 42.8. The SMILES string of the molecule is CC(C)(C)OC(=O)N1CC(O)(c2ccc(C(F)(F)F)nc2Cl)C1. The lowest BCUT2D eigenvalue weighted by molar-refractivity contribution is -0.141. The number of carbonyl (C=O) groups is 1. The van der Waals surface area contributed by atoms with Crippen LogP contribution in [0.4, 0.5) is 18.0 Å². The van der Waals surface area contributed by atoms with Gasteiger partial charge >= 0.3 is 12.3 Å². The van der Waals surface area contributed by atoms with Crippen LogP contribution in [0.25, 0.3) is 0 Å². The zero-order chi connectivity index (χ0) is 17.6. The van der Waals surface area contributed by atoms with Crippen LogP contribution < -0.4 is 0 Å². The van der Waals surface area contributed by atoms with Gasteiger partial charge in [0.1, 0.15) is 22.0 Å². The highest BCUT2D eigenvalue weighted by Gasteiger charge is 2.48. The third kappa shape index (κ3) is 3.87. The Morgan fingerprint density at radius 2 is 1.91 bits per heavy atom. The monoisotopic (exact) mass is 352 g/mol. The van der Waals surface area contributed by atoms with E-state index in [1.54, 1.807) is 20.8 Å². The van der Waals surface area contributed by atoms with Crippen LogP contribution in [0, 0.1) is 0 Å². The number of aromatic nitrogens is 1. The van der Waals surface area contributed by atoms with Crippen molar-refractivity contribution >= 4 is 17.7 Å². The predicted molar refractivity (Wildman–Crippen MR) is 76.0 cm³/mol. The molecule has 9 heteroatoms. The first kappa shape index (κ1) is 17.8. The van der Waals surface area contributed by atoms with E-state index in [1.807, 2.05) is 0 Å². The number of halogens is 4. The van der Waals surface area contributed by atoms with Crippen molar-refractivity contribution in [3.05, 3.63) is 28.5 Å². The highest BCUT2D eigenvalue weighted by atomic mass is 35.5. The Kier molecular flexibility index (Phi) is 4.28. The summed E-state index contributed by atoms with van der Waals surface area (Å²) in [4.78, 5) is 16.3. The Labute approximate surface area is 136 Å². The van der Waals surface area contributed by atoms with Crippen molar-refractivity contribution in [2.75, 3.05) is 13.1 Å². The molecule has 0 aromatic carbocycles. The summed E-state index contributed by atoms with van der Waals surface area (Å²) in [6.07, 6.45) is -5.23. The number of rotatable bonds is 1. The molecule has 1 saturated heterocycles. The van der Waals surface area contributed by atoms with Crippen LogP contribution in [0.2, 0.25) is 5.15 Å². The minimum Gasteiger partial charge on any atom is -0.444 e. The van der Waals surface area contributed by atoms with E-state index in [-0.39, 0.29) is 18.7 Å². The number of ether oxygens (including phenoxy) is 1. The van der Waals surface area contributed by atoms with Gasteiger partial charge in [-0.15, -0.1) is 0 Å². The summed E-state index contributed by atoms with van der Waals surface area (Å²) >= 11 is 5.76. The number of pyridine rings is 1. The van der Waals surface area contributed by atoms with E-state index in [9.17, 15) is 23.1 Å². The van der Waals surface area contributed by atoms with E-state index in [2.05, 4.69) is 4.98 Å². The van der Waals surface area contributed by atoms with E-state index < -0.39 is 34.3 Å². The molecule has 1 N–H and O–H groups in total. The van der Waals surface area contributed by atoms with Gasteiger partial charge < -0.3 is 14.7 Å². The standard InChI is InChI=1S/C14H16ClF3N2O3/c1-12(2,3)23-11(21)20-6-13(22,7-20)8-4-5-9(14(16,17)18)19-10(8)15/h4-5,22H,6-7H2,1-3H3. The van der Waals surface area contributed by atoms with E-state index in [0.717, 1.165) is 12.1 Å². The van der Waals surface area contributed by atoms with Crippen LogP contribution in [-0.4, -0.2) is 39.8 Å². The molecule has 1 amide bonds. The van der Waals surface area contributed by atoms with Gasteiger partial charge in [0.15, 0.2) is 0 Å². The Hall–Kier alpha value is -1.54. The highest BCUT2D eigenvalue weighted by Crippen LogP contribution is 2.38. The van der Waals surface area contributed by atoms with Crippen LogP contribution in [-0.2, 0) is 16.5 Å². The first-order valence-electron chi connectivity index (χ1n) is 6.76. The topological polar surface area (TPSA) is 62.7 Å². The summed E-state index contributed by atoms with van der Waals surface area (Å²) in [5.41, 5.74) is -3.31. The van der Waals surface area contributed by atoms with E-state index >= 15 is 0 Å². The maximum absolute atomic E-state index is 12.6. The fourth-order valence-electron chi connectivity index (χ4n) is 2.15. The van der Waals surface area contributed by atoms with E-state index in [0.29, 0.717) is 0 Å². The largest absolute Gasteiger partial charge is 0.444 e. The Bertz CT molecular complexity index is 623. The number of carbonyl (C=O) groups excluding carboxylic acids is 1. The quantitative estimate of drug-likeness (QED) is 0.788. The molecule has 0 radical (unpaired) electrons. The zero-order valence-corrected chi connectivity index (χ0v) is 13.5. The second-order valence-corrected chi connectivity index (χ2v) is 6.76. The second kappa shape index (κ2) is 5.52. The van der Waals surface area contributed by atoms with Crippen LogP contribution in [0.1, 0.15) is 32.0 Å². The molecular formula is C14H16ClF3N2O3. The third-order valence-corrected chi connectivity index (χ3v) is 3.49. The Morgan fingerprint density at radius 1 is 1.35 bits per heavy atom. The minimum absolute atomic E-state index is 0.0481. The normalized spacial score (nSPS) is 17.7. The minimum atomic E-state index is -4.62. The molecule has 2 rings (SSSR count). The molecule has 1 fully saturated rings. The summed E-state index contributed by atoms with van der Waals surface area (Å²) in [5.74, 6) is 0. The maximum Gasteiger partial charge on any atom is 0.433 e. The first-order valence-corrected chi connectivity index (χ1v) is 7.14. The van der Waals surface area contributed by atoms with Gasteiger partial charge in [-0.3, -0.25) is 0 Å². The molecule has 1 aromatic rings. The van der Waals surface area contributed by atoms with Crippen LogP contribution in [0.5, 0.6) is 0 Å². The van der Waals surface area contributed by atoms with Gasteiger partial charge in [0.05, 0.1) is 13.1 Å². The zero-order valence-electron chi connectivity index (χ0n) is 12.7. The van der Waals surface area contributed by atoms with Crippen LogP contribution in [0.3, 0.4) is 0 Å². The molecule has 1 aliphatic heterocycles. The second-order valence-electron chi connectivity index (χ2n) is 6.40. The molecule has 5 nitrogen and oxygen atoms in total. The summed E-state index contributed by atoms with van der Waals surface area (Å²) in [7, 11) is 0. The Morgan fingerprint density at radius 3 is 2.35 bits per heavy atom. The number of hydrogen-bond acceptors (Lipinski definition) is 4. The molecule has 0 aliphatic carbocycles. The van der Waals surface area contributed by atoms with Crippen molar-refractivity contribution in [3.63, 3.8) is 0 Å². The van der Waals surface area contributed by atoms with Crippen molar-refractivity contribution < 1.29 is 27.8 Å². The number of β-amino-alcohol motifs (C(OH)–C–C–N with tert-alkyl or cyclic N) is 1. The number of amides is 1. The van der Waals surface area contributed by atoms with Crippen molar-refractivity contribution in [2.24, 2.45) is 0 Å². The van der Waals surface area contributed by atoms with Gasteiger partial charge in [0, 0.05) is 5.56 Å². The molecule has 128 valence electrons. The number of alkyl halides is 3. The third-order valence-electron chi connectivity index (χ3n) is 3.20. The van der Waals surface area contributed by atoms with Gasteiger partial charge in [-0.25, -0.2) is 9.78 Å². The Balaban J connectivity index is 2.11. The van der Waals surface area contributed by atoms with Gasteiger partial charge in [-0.05, 0) is 26.8 Å². The average Bonchev–Trinajstić information content (AvgIpc) is 2.31. The van der Waals surface area contributed by atoms with Gasteiger partial charge in [0.25, 0.3) is 0 Å². The number of nitrogens with zero attached hydrogens (tertiary/aromatic N) is 2. The highest BCUT2D eigenvalue weighted by molar-refractivity contribution is 6.30. The first-order chi connectivity index (χ1) is 10.3. The van der Waals surface area contributed by atoms with Crippen LogP contribution >= 0.6 is 11.6 Å². The van der Waals surface area contributed by atoms with Crippen LogP contribution in [0.15, 0.2) is 12.1 Å². The molecule has 0 atom stereocenters. The molecule has 1 aliphatic rings. The fraction of sp³-hybridized carbons (Fsp3) is 0.571. The molecule has 0 unspecified atom stereocenters. The van der Waals surface area contributed by atoms with Crippen molar-refractivity contribution in [1.29, 1.82) is 0 Å². The fourth-order valence-corrected chi connectivity index (χ4v) is 2.48. The van der Waals surface area contributed by atoms with Gasteiger partial charge in [0.2, 0.25) is 0 Å². The average molecular weight is 353 g/mol. The molecule has 0 saturated carbocycles. The van der Waals surface area contributed by atoms with Gasteiger partial charge in [-0.2, -0.15) is 13.2 Å². The summed E-state index contributed by atoms with van der Waals surface area (Å²) in [5, 5.41) is 9.98. The molecule has 23 heavy (non-hydrogen) atoms. The van der Waals surface area contributed by atoms with Crippen molar-refractivity contribution in [2.45, 2.75) is 38.1 Å². The number of hydrogen-bond donors (Lipinski definition) is 1. The molecule has 0 spiro atoms. The number of aliphatic hydroxyl groups is 1. The summed E-state index contributed by atoms with van der Waals surface area (Å²) in [6.45, 7) is 4.85. The molecule has 0 bridgehead atoms. The lowest BCUT2D eigenvalue weighted by Crippen LogP contribution is -2.62. The van der Waals surface area contributed by atoms with Crippen molar-refractivity contribution in [1.82, 2.24) is 9.88 Å². The predicted octanol–water partition coefficient (Wildman–Crippen LogP) is 3.19.